The zero-order valence-corrected chi connectivity index (χ0v) is 15.2. The Morgan fingerprint density at radius 3 is 2.37 bits per heavy atom. The van der Waals surface area contributed by atoms with Gasteiger partial charge in [0.15, 0.2) is 7.29 Å². The first-order valence-electron chi connectivity index (χ1n) is 7.39. The second kappa shape index (κ2) is 6.98. The summed E-state index contributed by atoms with van der Waals surface area (Å²) in [4.78, 5) is 3.50. The van der Waals surface area contributed by atoms with E-state index in [-0.39, 0.29) is 11.5 Å². The summed E-state index contributed by atoms with van der Waals surface area (Å²) >= 11 is 4.82. The Balaban J connectivity index is 1.83. The molecule has 0 spiro atoms. The van der Waals surface area contributed by atoms with Crippen LogP contribution < -0.4 is 10.4 Å². The van der Waals surface area contributed by atoms with Crippen LogP contribution in [0.1, 0.15) is 5.89 Å². The summed E-state index contributed by atoms with van der Waals surface area (Å²) in [5, 5.41) is 2.51. The minimum absolute atomic E-state index is 0.113. The molecule has 0 fully saturated rings. The summed E-state index contributed by atoms with van der Waals surface area (Å²) in [6.45, 7) is 1.37. The number of nitrogens with one attached hydrogen (secondary N) is 1. The Hall–Kier alpha value is -2.38. The maximum absolute atomic E-state index is 13.8. The molecule has 0 aliphatic rings. The molecule has 3 rings (SSSR count). The lowest BCUT2D eigenvalue weighted by Gasteiger charge is -2.17. The van der Waals surface area contributed by atoms with E-state index >= 15 is 0 Å². The summed E-state index contributed by atoms with van der Waals surface area (Å²) in [6.07, 6.45) is 0. The van der Waals surface area contributed by atoms with Gasteiger partial charge < -0.3 is 9.61 Å². The quantitative estimate of drug-likeness (QED) is 0.360. The van der Waals surface area contributed by atoms with Gasteiger partial charge in [-0.1, -0.05) is 17.3 Å². The predicted molar refractivity (Wildman–Crippen MR) is 92.6 cm³/mol. The van der Waals surface area contributed by atoms with Crippen molar-refractivity contribution in [1.29, 1.82) is 0 Å². The van der Waals surface area contributed by atoms with Crippen LogP contribution >= 0.6 is 18.9 Å². The average molecular weight is 420 g/mol. The minimum atomic E-state index is -3.78. The molecule has 27 heavy (non-hydrogen) atoms. The number of hydrogen-bond acceptors (Lipinski definition) is 4. The van der Waals surface area contributed by atoms with Gasteiger partial charge in [0.05, 0.1) is 5.69 Å². The third kappa shape index (κ3) is 4.31. The van der Waals surface area contributed by atoms with Crippen LogP contribution in [-0.4, -0.2) is 16.8 Å². The molecule has 0 saturated heterocycles. The summed E-state index contributed by atoms with van der Waals surface area (Å²) in [5.74, 6) is -2.80. The number of rotatable bonds is 5. The van der Waals surface area contributed by atoms with Gasteiger partial charge in [0.2, 0.25) is 5.82 Å². The Morgan fingerprint density at radius 1 is 1.15 bits per heavy atom. The molecule has 1 atom stereocenters. The molecule has 0 amide bonds. The van der Waals surface area contributed by atoms with Crippen molar-refractivity contribution in [3.63, 3.8) is 0 Å². The van der Waals surface area contributed by atoms with Crippen LogP contribution in [0, 0.1) is 11.6 Å². The Morgan fingerprint density at radius 2 is 1.81 bits per heavy atom. The van der Waals surface area contributed by atoms with E-state index in [1.165, 1.54) is 30.9 Å². The number of benzene rings is 2. The highest BCUT2D eigenvalue weighted by Crippen LogP contribution is 2.41. The maximum Gasteiger partial charge on any atom is 0.400 e. The second-order valence-electron chi connectivity index (χ2n) is 5.63. The van der Waals surface area contributed by atoms with Gasteiger partial charge in [-0.25, -0.2) is 8.78 Å². The molecule has 3 aromatic rings. The van der Waals surface area contributed by atoms with E-state index in [0.717, 1.165) is 12.1 Å². The first kappa shape index (κ1) is 19.4. The molecule has 2 aromatic carbocycles. The van der Waals surface area contributed by atoms with Crippen molar-refractivity contribution in [1.82, 2.24) is 10.1 Å². The fourth-order valence-corrected chi connectivity index (χ4v) is 3.79. The highest BCUT2D eigenvalue weighted by molar-refractivity contribution is 7.72. The number of halogens is 5. The Bertz CT molecular complexity index is 1020. The SMILES string of the molecule is CP(=O)(Nc1ccc(F)cc1F)c1ccc(-c2noc(C(F)(F)Cl)n2)cc1. The van der Waals surface area contributed by atoms with Crippen molar-refractivity contribution in [3.8, 4) is 11.4 Å². The van der Waals surface area contributed by atoms with E-state index in [1.54, 1.807) is 0 Å². The van der Waals surface area contributed by atoms with E-state index in [0.29, 0.717) is 16.9 Å². The molecule has 1 N–H and O–H groups in total. The van der Waals surface area contributed by atoms with Crippen molar-refractivity contribution < 1.29 is 26.6 Å². The zero-order valence-electron chi connectivity index (χ0n) is 13.6. The van der Waals surface area contributed by atoms with Crippen molar-refractivity contribution in [2.75, 3.05) is 11.8 Å². The largest absolute Gasteiger partial charge is 0.400 e. The topological polar surface area (TPSA) is 68.0 Å². The van der Waals surface area contributed by atoms with Crippen LogP contribution in [0.15, 0.2) is 47.0 Å². The van der Waals surface area contributed by atoms with Crippen molar-refractivity contribution in [2.24, 2.45) is 0 Å². The molecule has 0 saturated carbocycles. The van der Waals surface area contributed by atoms with Crippen LogP contribution in [0.25, 0.3) is 11.4 Å². The van der Waals surface area contributed by atoms with Gasteiger partial charge in [-0.05, 0) is 35.9 Å². The van der Waals surface area contributed by atoms with E-state index in [9.17, 15) is 22.1 Å². The molecule has 142 valence electrons. The third-order valence-electron chi connectivity index (χ3n) is 3.55. The van der Waals surface area contributed by atoms with E-state index in [1.807, 2.05) is 0 Å². The first-order valence-corrected chi connectivity index (χ1v) is 9.92. The van der Waals surface area contributed by atoms with Gasteiger partial charge >= 0.3 is 11.3 Å². The summed E-state index contributed by atoms with van der Waals surface area (Å²) < 4.78 is 69.9. The molecule has 0 radical (unpaired) electrons. The average Bonchev–Trinajstić information content (AvgIpc) is 3.08. The normalized spacial score (nSPS) is 14.0. The van der Waals surface area contributed by atoms with Gasteiger partial charge in [-0.2, -0.15) is 13.8 Å². The van der Waals surface area contributed by atoms with E-state index < -0.39 is 30.2 Å². The smallest absolute Gasteiger partial charge is 0.331 e. The zero-order chi connectivity index (χ0) is 19.8. The molecule has 1 aromatic heterocycles. The van der Waals surface area contributed by atoms with Crippen LogP contribution in [0.3, 0.4) is 0 Å². The molecule has 1 unspecified atom stereocenters. The lowest BCUT2D eigenvalue weighted by molar-refractivity contribution is 0.0551. The molecule has 11 heteroatoms. The number of alkyl halides is 3. The highest BCUT2D eigenvalue weighted by Gasteiger charge is 2.35. The van der Waals surface area contributed by atoms with Crippen molar-refractivity contribution in [3.05, 3.63) is 60.0 Å². The minimum Gasteiger partial charge on any atom is -0.331 e. The van der Waals surface area contributed by atoms with E-state index in [4.69, 9.17) is 11.6 Å². The van der Waals surface area contributed by atoms with Crippen LogP contribution in [-0.2, 0) is 9.95 Å². The third-order valence-corrected chi connectivity index (χ3v) is 5.66. The van der Waals surface area contributed by atoms with Crippen LogP contribution in [0.5, 0.6) is 0 Å². The fraction of sp³-hybridized carbons (Fsp3) is 0.125. The Kier molecular flexibility index (Phi) is 5.01. The van der Waals surface area contributed by atoms with Gasteiger partial charge in [-0.15, -0.1) is 0 Å². The fourth-order valence-electron chi connectivity index (χ4n) is 2.23. The number of aromatic nitrogens is 2. The molecular formula is C16H11ClF4N3O2P. The van der Waals surface area contributed by atoms with Gasteiger partial charge in [0.25, 0.3) is 0 Å². The lowest BCUT2D eigenvalue weighted by Crippen LogP contribution is -2.11. The monoisotopic (exact) mass is 419 g/mol. The molecule has 5 nitrogen and oxygen atoms in total. The van der Waals surface area contributed by atoms with Crippen LogP contribution in [0.4, 0.5) is 23.2 Å². The first-order chi connectivity index (χ1) is 12.6. The van der Waals surface area contributed by atoms with Crippen molar-refractivity contribution in [2.45, 2.75) is 5.38 Å². The van der Waals surface area contributed by atoms with Crippen molar-refractivity contribution >= 4 is 29.9 Å². The van der Waals surface area contributed by atoms with Gasteiger partial charge in [0.1, 0.15) is 11.6 Å². The molecule has 0 aliphatic carbocycles. The lowest BCUT2D eigenvalue weighted by atomic mass is 10.2. The molecule has 0 bridgehead atoms. The van der Waals surface area contributed by atoms with Gasteiger partial charge in [0, 0.05) is 23.6 Å². The number of nitrogens with zero attached hydrogens (tertiary/aromatic N) is 2. The summed E-state index contributed by atoms with van der Waals surface area (Å²) in [7, 11) is -3.26. The summed E-state index contributed by atoms with van der Waals surface area (Å²) in [6, 6.07) is 8.62. The van der Waals surface area contributed by atoms with Gasteiger partial charge in [-0.3, -0.25) is 4.57 Å². The van der Waals surface area contributed by atoms with E-state index in [2.05, 4.69) is 19.8 Å². The highest BCUT2D eigenvalue weighted by atomic mass is 35.5. The number of hydrogen-bond donors (Lipinski definition) is 1. The standard InChI is InChI=1S/C16H11ClF4N3O2P/c1-27(25,24-13-7-4-10(18)8-12(13)19)11-5-2-9(3-6-11)14-22-15(26-23-14)16(17,20)21/h2-8H,1H3,(H,24,25). The Labute approximate surface area is 155 Å². The molecular weight excluding hydrogens is 409 g/mol. The predicted octanol–water partition coefficient (Wildman–Crippen LogP) is 4.95. The second-order valence-corrected chi connectivity index (χ2v) is 8.69. The molecule has 0 aliphatic heterocycles. The summed E-state index contributed by atoms with van der Waals surface area (Å²) in [5.41, 5.74) is 0.209. The maximum atomic E-state index is 13.8. The van der Waals surface area contributed by atoms with Crippen LogP contribution in [0.2, 0.25) is 0 Å². The number of anilines is 1. The molecule has 1 heterocycles.